The molecule has 0 bridgehead atoms. The molecule has 2 aromatic rings. The van der Waals surface area contributed by atoms with E-state index in [1.807, 2.05) is 6.07 Å². The van der Waals surface area contributed by atoms with Crippen molar-refractivity contribution in [1.29, 1.82) is 0 Å². The minimum Gasteiger partial charge on any atom is -0.336 e. The van der Waals surface area contributed by atoms with Gasteiger partial charge < -0.3 is 11.2 Å². The summed E-state index contributed by atoms with van der Waals surface area (Å²) in [6, 6.07) is 6.18. The number of anilines is 1. The highest BCUT2D eigenvalue weighted by atomic mass is 32.2. The van der Waals surface area contributed by atoms with Gasteiger partial charge in [0.1, 0.15) is 0 Å². The predicted octanol–water partition coefficient (Wildman–Crippen LogP) is 3.90. The molecule has 0 spiro atoms. The summed E-state index contributed by atoms with van der Waals surface area (Å²) in [5.74, 6) is 7.67. The maximum atomic E-state index is 12.5. The molecule has 1 saturated carbocycles. The van der Waals surface area contributed by atoms with Gasteiger partial charge in [0.2, 0.25) is 11.1 Å². The Kier molecular flexibility index (Phi) is 6.77. The standard InChI is InChI=1S/C20H29N5OS/c1-3-14-11-8-12-15(4-2)18(14)22-17(26)13-27-20-24-23-19(25(20)21)16-9-6-5-7-10-16/h8,11-12,16H,3-7,9-10,13,21H2,1-2H3,(H,22,26). The Morgan fingerprint density at radius 2 is 1.85 bits per heavy atom. The Morgan fingerprint density at radius 1 is 1.19 bits per heavy atom. The van der Waals surface area contributed by atoms with Crippen LogP contribution >= 0.6 is 11.8 Å². The number of carbonyl (C=O) groups excluding carboxylic acids is 1. The SMILES string of the molecule is CCc1cccc(CC)c1NC(=O)CSc1nnc(C2CCCCC2)n1N. The van der Waals surface area contributed by atoms with Crippen LogP contribution in [0.2, 0.25) is 0 Å². The highest BCUT2D eigenvalue weighted by molar-refractivity contribution is 7.99. The Balaban J connectivity index is 1.63. The number of aryl methyl sites for hydroxylation is 2. The number of nitrogens with one attached hydrogen (secondary N) is 1. The molecule has 1 aromatic carbocycles. The molecular formula is C20H29N5OS. The number of amides is 1. The summed E-state index contributed by atoms with van der Waals surface area (Å²) in [6.45, 7) is 4.20. The number of hydrogen-bond donors (Lipinski definition) is 2. The summed E-state index contributed by atoms with van der Waals surface area (Å²) >= 11 is 1.34. The van der Waals surface area contributed by atoms with Crippen molar-refractivity contribution in [1.82, 2.24) is 14.9 Å². The van der Waals surface area contributed by atoms with E-state index in [1.165, 1.54) is 31.0 Å². The molecule has 1 heterocycles. The molecule has 1 aliphatic carbocycles. The number of carbonyl (C=O) groups is 1. The van der Waals surface area contributed by atoms with Crippen molar-refractivity contribution >= 4 is 23.4 Å². The summed E-state index contributed by atoms with van der Waals surface area (Å²) in [6.07, 6.45) is 7.74. The molecule has 0 saturated heterocycles. The molecule has 0 aliphatic heterocycles. The van der Waals surface area contributed by atoms with Gasteiger partial charge in [-0.05, 0) is 36.8 Å². The first-order valence-electron chi connectivity index (χ1n) is 9.87. The van der Waals surface area contributed by atoms with Gasteiger partial charge in [0.15, 0.2) is 5.82 Å². The van der Waals surface area contributed by atoms with Crippen molar-refractivity contribution in [3.63, 3.8) is 0 Å². The van der Waals surface area contributed by atoms with Crippen LogP contribution in [0.1, 0.15) is 68.8 Å². The van der Waals surface area contributed by atoms with Crippen LogP contribution in [0.5, 0.6) is 0 Å². The van der Waals surface area contributed by atoms with E-state index in [0.717, 1.165) is 48.3 Å². The fourth-order valence-electron chi connectivity index (χ4n) is 3.73. The summed E-state index contributed by atoms with van der Waals surface area (Å²) < 4.78 is 1.57. The number of thioether (sulfide) groups is 1. The lowest BCUT2D eigenvalue weighted by Gasteiger charge is -2.20. The average molecular weight is 388 g/mol. The van der Waals surface area contributed by atoms with E-state index in [0.29, 0.717) is 11.1 Å². The number of para-hydroxylation sites is 1. The van der Waals surface area contributed by atoms with Gasteiger partial charge in [-0.3, -0.25) is 4.79 Å². The van der Waals surface area contributed by atoms with Gasteiger partial charge in [-0.2, -0.15) is 0 Å². The number of nitrogens with two attached hydrogens (primary N) is 1. The molecule has 6 nitrogen and oxygen atoms in total. The van der Waals surface area contributed by atoms with Crippen molar-refractivity contribution < 1.29 is 4.79 Å². The Morgan fingerprint density at radius 3 is 2.48 bits per heavy atom. The van der Waals surface area contributed by atoms with Crippen LogP contribution in [-0.4, -0.2) is 26.5 Å². The second-order valence-corrected chi connectivity index (χ2v) is 7.98. The fraction of sp³-hybridized carbons (Fsp3) is 0.550. The largest absolute Gasteiger partial charge is 0.336 e. The van der Waals surface area contributed by atoms with Gasteiger partial charge in [0, 0.05) is 11.6 Å². The number of benzene rings is 1. The van der Waals surface area contributed by atoms with E-state index in [9.17, 15) is 4.79 Å². The van der Waals surface area contributed by atoms with Crippen LogP contribution in [0.25, 0.3) is 0 Å². The van der Waals surface area contributed by atoms with Crippen molar-refractivity contribution in [2.45, 2.75) is 69.9 Å². The molecule has 0 unspecified atom stereocenters. The lowest BCUT2D eigenvalue weighted by Crippen LogP contribution is -2.20. The van der Waals surface area contributed by atoms with Crippen LogP contribution in [0, 0.1) is 0 Å². The Bertz CT molecular complexity index is 760. The van der Waals surface area contributed by atoms with Crippen LogP contribution in [0.3, 0.4) is 0 Å². The highest BCUT2D eigenvalue weighted by Gasteiger charge is 2.23. The zero-order chi connectivity index (χ0) is 19.2. The van der Waals surface area contributed by atoms with Crippen LogP contribution in [0.4, 0.5) is 5.69 Å². The molecule has 7 heteroatoms. The molecule has 1 aromatic heterocycles. The summed E-state index contributed by atoms with van der Waals surface area (Å²) in [4.78, 5) is 12.5. The van der Waals surface area contributed by atoms with E-state index in [1.54, 1.807) is 4.68 Å². The fourth-order valence-corrected chi connectivity index (χ4v) is 4.40. The van der Waals surface area contributed by atoms with E-state index >= 15 is 0 Å². The topological polar surface area (TPSA) is 85.8 Å². The quantitative estimate of drug-likeness (QED) is 0.556. The third kappa shape index (κ3) is 4.64. The number of aromatic nitrogens is 3. The molecule has 1 amide bonds. The van der Waals surface area contributed by atoms with Gasteiger partial charge >= 0.3 is 0 Å². The van der Waals surface area contributed by atoms with Crippen molar-refractivity contribution in [3.05, 3.63) is 35.2 Å². The first-order valence-corrected chi connectivity index (χ1v) is 10.9. The highest BCUT2D eigenvalue weighted by Crippen LogP contribution is 2.32. The van der Waals surface area contributed by atoms with E-state index < -0.39 is 0 Å². The second kappa shape index (κ2) is 9.26. The second-order valence-electron chi connectivity index (χ2n) is 7.04. The van der Waals surface area contributed by atoms with E-state index in [4.69, 9.17) is 5.84 Å². The van der Waals surface area contributed by atoms with Gasteiger partial charge in [-0.15, -0.1) is 10.2 Å². The first-order chi connectivity index (χ1) is 13.1. The number of nitrogens with zero attached hydrogens (tertiary/aromatic N) is 3. The molecule has 27 heavy (non-hydrogen) atoms. The third-order valence-corrected chi connectivity index (χ3v) is 6.20. The number of hydrogen-bond acceptors (Lipinski definition) is 5. The smallest absolute Gasteiger partial charge is 0.234 e. The zero-order valence-electron chi connectivity index (χ0n) is 16.2. The monoisotopic (exact) mass is 387 g/mol. The van der Waals surface area contributed by atoms with E-state index in [-0.39, 0.29) is 11.7 Å². The predicted molar refractivity (Wildman–Crippen MR) is 111 cm³/mol. The Labute approximate surface area is 165 Å². The molecule has 3 N–H and O–H groups in total. The molecule has 3 rings (SSSR count). The van der Waals surface area contributed by atoms with Crippen LogP contribution in [0.15, 0.2) is 23.4 Å². The number of nitrogen functional groups attached to an aromatic ring is 1. The molecule has 0 atom stereocenters. The molecule has 0 radical (unpaired) electrons. The summed E-state index contributed by atoms with van der Waals surface area (Å²) in [5.41, 5.74) is 3.27. The van der Waals surface area contributed by atoms with Crippen LogP contribution < -0.4 is 11.2 Å². The van der Waals surface area contributed by atoms with Crippen LogP contribution in [-0.2, 0) is 17.6 Å². The van der Waals surface area contributed by atoms with Crippen molar-refractivity contribution in [2.24, 2.45) is 0 Å². The summed E-state index contributed by atoms with van der Waals surface area (Å²) in [7, 11) is 0. The lowest BCUT2D eigenvalue weighted by atomic mass is 9.89. The average Bonchev–Trinajstić information content (AvgIpc) is 3.07. The zero-order valence-corrected chi connectivity index (χ0v) is 17.0. The minimum absolute atomic E-state index is 0.0437. The third-order valence-electron chi connectivity index (χ3n) is 5.26. The molecule has 1 aliphatic rings. The molecule has 146 valence electrons. The lowest BCUT2D eigenvalue weighted by molar-refractivity contribution is -0.113. The summed E-state index contributed by atoms with van der Waals surface area (Å²) in [5, 5.41) is 12.2. The molecule has 1 fully saturated rings. The molecular weight excluding hydrogens is 358 g/mol. The van der Waals surface area contributed by atoms with Gasteiger partial charge in [0.25, 0.3) is 0 Å². The van der Waals surface area contributed by atoms with Gasteiger partial charge in [0.05, 0.1) is 5.75 Å². The van der Waals surface area contributed by atoms with Gasteiger partial charge in [-0.1, -0.05) is 63.1 Å². The minimum atomic E-state index is -0.0437. The number of rotatable bonds is 7. The first kappa shape index (κ1) is 19.7. The maximum Gasteiger partial charge on any atom is 0.234 e. The normalized spacial score (nSPS) is 15.0. The maximum absolute atomic E-state index is 12.5. The van der Waals surface area contributed by atoms with Crippen molar-refractivity contribution in [3.8, 4) is 0 Å². The van der Waals surface area contributed by atoms with Gasteiger partial charge in [-0.25, -0.2) is 4.68 Å². The van der Waals surface area contributed by atoms with E-state index in [2.05, 4.69) is 41.5 Å². The Hall–Kier alpha value is -2.02. The van der Waals surface area contributed by atoms with Crippen molar-refractivity contribution in [2.75, 3.05) is 16.9 Å².